The van der Waals surface area contributed by atoms with Gasteiger partial charge in [-0.15, -0.1) is 0 Å². The first-order chi connectivity index (χ1) is 8.29. The lowest BCUT2D eigenvalue weighted by Gasteiger charge is -2.23. The van der Waals surface area contributed by atoms with Crippen LogP contribution in [0.5, 0.6) is 0 Å². The van der Waals surface area contributed by atoms with Crippen molar-refractivity contribution in [2.45, 2.75) is 45.3 Å². The maximum atomic E-state index is 12.0. The average Bonchev–Trinajstić information content (AvgIpc) is 2.76. The Hall–Kier alpha value is -1.37. The molecule has 0 aromatic carbocycles. The van der Waals surface area contributed by atoms with E-state index in [4.69, 9.17) is 17.0 Å². The van der Waals surface area contributed by atoms with Crippen LogP contribution < -0.4 is 5.43 Å². The number of thiocarbonyl (C=S) groups is 1. The van der Waals surface area contributed by atoms with Crippen LogP contribution in [0.4, 0.5) is 4.79 Å². The summed E-state index contributed by atoms with van der Waals surface area (Å²) in [5.41, 5.74) is 1.80. The Kier molecular flexibility index (Phi) is 3.18. The van der Waals surface area contributed by atoms with Gasteiger partial charge in [0, 0.05) is 6.54 Å². The molecule has 1 N–H and O–H groups in total. The molecule has 1 atom stereocenters. The smallest absolute Gasteiger partial charge is 0.427 e. The standard InChI is InChI=1S/C11H17N3O3S/c1-11(2,3)17-9(16)12-14-8(15)7-5-4-6-13(7)10(14)18/h7H,4-6H2,1-3H3,(H,12,16)/t7-/m0/s1. The monoisotopic (exact) mass is 271 g/mol. The second-order valence-electron chi connectivity index (χ2n) is 5.42. The summed E-state index contributed by atoms with van der Waals surface area (Å²) >= 11 is 5.18. The lowest BCUT2D eigenvalue weighted by atomic mass is 10.2. The van der Waals surface area contributed by atoms with E-state index >= 15 is 0 Å². The van der Waals surface area contributed by atoms with Gasteiger partial charge in [0.05, 0.1) is 0 Å². The number of ether oxygens (including phenoxy) is 1. The van der Waals surface area contributed by atoms with Crippen molar-refractivity contribution < 1.29 is 14.3 Å². The fourth-order valence-corrected chi connectivity index (χ4v) is 2.47. The Balaban J connectivity index is 2.00. The second-order valence-corrected chi connectivity index (χ2v) is 5.79. The summed E-state index contributed by atoms with van der Waals surface area (Å²) in [6.45, 7) is 6.04. The molecule has 2 amide bonds. The fraction of sp³-hybridized carbons (Fsp3) is 0.727. The van der Waals surface area contributed by atoms with Gasteiger partial charge in [-0.25, -0.2) is 10.2 Å². The molecule has 0 aliphatic carbocycles. The third-order valence-electron chi connectivity index (χ3n) is 2.80. The van der Waals surface area contributed by atoms with Crippen molar-refractivity contribution in [3.8, 4) is 0 Å². The maximum absolute atomic E-state index is 12.0. The Morgan fingerprint density at radius 2 is 2.17 bits per heavy atom. The number of nitrogens with zero attached hydrogens (tertiary/aromatic N) is 2. The number of hydrogen-bond donors (Lipinski definition) is 1. The molecule has 2 rings (SSSR count). The first-order valence-corrected chi connectivity index (χ1v) is 6.34. The summed E-state index contributed by atoms with van der Waals surface area (Å²) < 4.78 is 5.10. The van der Waals surface area contributed by atoms with Gasteiger partial charge in [0.2, 0.25) is 0 Å². The van der Waals surface area contributed by atoms with Gasteiger partial charge >= 0.3 is 6.09 Å². The van der Waals surface area contributed by atoms with Gasteiger partial charge in [0.1, 0.15) is 11.6 Å². The molecule has 2 aliphatic heterocycles. The van der Waals surface area contributed by atoms with Gasteiger partial charge in [-0.3, -0.25) is 4.79 Å². The van der Waals surface area contributed by atoms with Crippen LogP contribution in [0.15, 0.2) is 0 Å². The number of carbonyl (C=O) groups excluding carboxylic acids is 2. The van der Waals surface area contributed by atoms with Crippen LogP contribution in [-0.2, 0) is 9.53 Å². The topological polar surface area (TPSA) is 61.9 Å². The highest BCUT2D eigenvalue weighted by Gasteiger charge is 2.46. The van der Waals surface area contributed by atoms with Gasteiger partial charge in [-0.1, -0.05) is 0 Å². The van der Waals surface area contributed by atoms with E-state index in [2.05, 4.69) is 5.43 Å². The highest BCUT2D eigenvalue weighted by molar-refractivity contribution is 7.80. The predicted molar refractivity (Wildman–Crippen MR) is 68.5 cm³/mol. The Morgan fingerprint density at radius 3 is 2.72 bits per heavy atom. The maximum Gasteiger partial charge on any atom is 0.427 e. The number of rotatable bonds is 1. The predicted octanol–water partition coefficient (Wildman–Crippen LogP) is 1.02. The van der Waals surface area contributed by atoms with E-state index in [1.165, 1.54) is 0 Å². The van der Waals surface area contributed by atoms with Crippen LogP contribution in [0.1, 0.15) is 33.6 Å². The Labute approximate surface area is 111 Å². The molecule has 0 aromatic heterocycles. The Morgan fingerprint density at radius 1 is 1.50 bits per heavy atom. The summed E-state index contributed by atoms with van der Waals surface area (Å²) in [6, 6.07) is -0.215. The molecule has 2 saturated heterocycles. The molecule has 100 valence electrons. The normalized spacial score (nSPS) is 23.4. The third-order valence-corrected chi connectivity index (χ3v) is 3.21. The first kappa shape index (κ1) is 13.1. The number of hydrazine groups is 1. The van der Waals surface area contributed by atoms with E-state index in [1.54, 1.807) is 20.8 Å². The van der Waals surface area contributed by atoms with Crippen molar-refractivity contribution in [2.24, 2.45) is 0 Å². The van der Waals surface area contributed by atoms with E-state index in [1.807, 2.05) is 4.90 Å². The molecule has 6 nitrogen and oxygen atoms in total. The number of nitrogens with one attached hydrogen (secondary N) is 1. The summed E-state index contributed by atoms with van der Waals surface area (Å²) in [4.78, 5) is 25.5. The molecule has 0 saturated carbocycles. The molecule has 0 bridgehead atoms. The van der Waals surface area contributed by atoms with Crippen molar-refractivity contribution in [3.05, 3.63) is 0 Å². The number of hydrogen-bond acceptors (Lipinski definition) is 4. The molecule has 0 radical (unpaired) electrons. The lowest BCUT2D eigenvalue weighted by Crippen LogP contribution is -2.48. The summed E-state index contributed by atoms with van der Waals surface area (Å²) in [6.07, 6.45) is 1.07. The Bertz CT molecular complexity index is 383. The summed E-state index contributed by atoms with van der Waals surface area (Å²) in [7, 11) is 0. The van der Waals surface area contributed by atoms with Gasteiger partial charge < -0.3 is 9.64 Å². The molecule has 18 heavy (non-hydrogen) atoms. The van der Waals surface area contributed by atoms with Gasteiger partial charge in [0.15, 0.2) is 5.11 Å². The largest absolute Gasteiger partial charge is 0.443 e. The number of amides is 2. The number of fused-ring (bicyclic) bond motifs is 1. The van der Waals surface area contributed by atoms with Crippen LogP contribution in [0.3, 0.4) is 0 Å². The van der Waals surface area contributed by atoms with Gasteiger partial charge in [-0.2, -0.15) is 5.01 Å². The summed E-state index contributed by atoms with van der Waals surface area (Å²) in [5, 5.41) is 1.47. The zero-order valence-electron chi connectivity index (χ0n) is 10.7. The molecule has 2 aliphatic rings. The van der Waals surface area contributed by atoms with E-state index in [9.17, 15) is 9.59 Å². The van der Waals surface area contributed by atoms with Crippen molar-refractivity contribution in [3.63, 3.8) is 0 Å². The zero-order chi connectivity index (χ0) is 13.5. The molecule has 0 unspecified atom stereocenters. The minimum atomic E-state index is -0.667. The third kappa shape index (κ3) is 2.40. The van der Waals surface area contributed by atoms with Crippen LogP contribution in [0, 0.1) is 0 Å². The average molecular weight is 271 g/mol. The second kappa shape index (κ2) is 4.38. The molecule has 0 spiro atoms. The summed E-state index contributed by atoms with van der Waals surface area (Å²) in [5.74, 6) is -0.177. The van der Waals surface area contributed by atoms with Gasteiger partial charge in [-0.05, 0) is 45.8 Å². The minimum absolute atomic E-state index is 0.177. The van der Waals surface area contributed by atoms with Gasteiger partial charge in [0.25, 0.3) is 5.91 Å². The molecular formula is C11H17N3O3S. The number of carbonyl (C=O) groups is 2. The van der Waals surface area contributed by atoms with Crippen molar-refractivity contribution >= 4 is 29.3 Å². The van der Waals surface area contributed by atoms with E-state index < -0.39 is 11.7 Å². The highest BCUT2D eigenvalue weighted by Crippen LogP contribution is 2.26. The lowest BCUT2D eigenvalue weighted by molar-refractivity contribution is -0.129. The van der Waals surface area contributed by atoms with E-state index in [-0.39, 0.29) is 11.9 Å². The highest BCUT2D eigenvalue weighted by atomic mass is 32.1. The molecule has 2 fully saturated rings. The quantitative estimate of drug-likeness (QED) is 0.721. The SMILES string of the molecule is CC(C)(C)OC(=O)NN1C(=O)[C@@H]2CCCN2C1=S. The van der Waals surface area contributed by atoms with E-state index in [0.717, 1.165) is 24.4 Å². The van der Waals surface area contributed by atoms with Crippen LogP contribution >= 0.6 is 12.2 Å². The van der Waals surface area contributed by atoms with Crippen LogP contribution in [0.2, 0.25) is 0 Å². The zero-order valence-corrected chi connectivity index (χ0v) is 11.5. The van der Waals surface area contributed by atoms with E-state index in [0.29, 0.717) is 5.11 Å². The fourth-order valence-electron chi connectivity index (χ4n) is 2.12. The van der Waals surface area contributed by atoms with Crippen molar-refractivity contribution in [1.29, 1.82) is 0 Å². The first-order valence-electron chi connectivity index (χ1n) is 5.94. The van der Waals surface area contributed by atoms with Crippen molar-refractivity contribution in [1.82, 2.24) is 15.3 Å². The van der Waals surface area contributed by atoms with Crippen LogP contribution in [-0.4, -0.2) is 45.2 Å². The molecule has 7 heteroatoms. The molecular weight excluding hydrogens is 254 g/mol. The minimum Gasteiger partial charge on any atom is -0.443 e. The van der Waals surface area contributed by atoms with Crippen molar-refractivity contribution in [2.75, 3.05) is 6.54 Å². The molecule has 0 aromatic rings. The molecule has 2 heterocycles. The van der Waals surface area contributed by atoms with Crippen LogP contribution in [0.25, 0.3) is 0 Å².